The van der Waals surface area contributed by atoms with E-state index < -0.39 is 0 Å². The third-order valence-corrected chi connectivity index (χ3v) is 3.04. The van der Waals surface area contributed by atoms with Crippen molar-refractivity contribution in [3.8, 4) is 0 Å². The Hall–Kier alpha value is -0.890. The summed E-state index contributed by atoms with van der Waals surface area (Å²) < 4.78 is 1.31. The number of aryl methyl sites for hydroxylation is 1. The molecule has 2 rings (SSSR count). The largest absolute Gasteiger partial charge is 0.244 e. The molecule has 0 bridgehead atoms. The SMILES string of the molecule is CCCCc1cccc2scnc12. The van der Waals surface area contributed by atoms with Crippen molar-refractivity contribution < 1.29 is 0 Å². The highest BCUT2D eigenvalue weighted by atomic mass is 32.1. The van der Waals surface area contributed by atoms with Crippen molar-refractivity contribution >= 4 is 21.6 Å². The maximum Gasteiger partial charge on any atom is 0.0843 e. The summed E-state index contributed by atoms with van der Waals surface area (Å²) in [6.07, 6.45) is 3.68. The fraction of sp³-hybridized carbons (Fsp3) is 0.364. The number of hydrogen-bond donors (Lipinski definition) is 0. The lowest BCUT2D eigenvalue weighted by atomic mass is 10.1. The molecule has 13 heavy (non-hydrogen) atoms. The van der Waals surface area contributed by atoms with E-state index >= 15 is 0 Å². The molecule has 1 aromatic heterocycles. The van der Waals surface area contributed by atoms with Gasteiger partial charge in [0, 0.05) is 0 Å². The molecule has 0 aliphatic carbocycles. The summed E-state index contributed by atoms with van der Waals surface area (Å²) in [5.74, 6) is 0. The summed E-state index contributed by atoms with van der Waals surface area (Å²) in [6.45, 7) is 2.22. The van der Waals surface area contributed by atoms with Gasteiger partial charge in [0.2, 0.25) is 0 Å². The zero-order valence-corrected chi connectivity index (χ0v) is 8.60. The van der Waals surface area contributed by atoms with E-state index in [1.165, 1.54) is 28.6 Å². The van der Waals surface area contributed by atoms with E-state index in [1.807, 2.05) is 5.51 Å². The number of rotatable bonds is 3. The maximum absolute atomic E-state index is 4.39. The van der Waals surface area contributed by atoms with Crippen LogP contribution in [0.4, 0.5) is 0 Å². The first kappa shape index (κ1) is 8.70. The van der Waals surface area contributed by atoms with E-state index in [0.717, 1.165) is 6.42 Å². The number of thiazole rings is 1. The molecule has 0 unspecified atom stereocenters. The Morgan fingerprint density at radius 1 is 1.38 bits per heavy atom. The van der Waals surface area contributed by atoms with Crippen molar-refractivity contribution in [2.45, 2.75) is 26.2 Å². The van der Waals surface area contributed by atoms with E-state index in [2.05, 4.69) is 30.1 Å². The van der Waals surface area contributed by atoms with Crippen molar-refractivity contribution in [2.75, 3.05) is 0 Å². The summed E-state index contributed by atoms with van der Waals surface area (Å²) >= 11 is 1.72. The first-order valence-electron chi connectivity index (χ1n) is 4.73. The summed E-state index contributed by atoms with van der Waals surface area (Å²) in [5, 5.41) is 0. The first-order valence-corrected chi connectivity index (χ1v) is 5.61. The normalized spacial score (nSPS) is 10.8. The minimum absolute atomic E-state index is 1.16. The van der Waals surface area contributed by atoms with Crippen LogP contribution in [-0.2, 0) is 6.42 Å². The molecule has 0 spiro atoms. The van der Waals surface area contributed by atoms with Crippen LogP contribution in [0.25, 0.3) is 10.2 Å². The molecule has 68 valence electrons. The summed E-state index contributed by atoms with van der Waals surface area (Å²) in [7, 11) is 0. The second-order valence-corrected chi connectivity index (χ2v) is 4.11. The van der Waals surface area contributed by atoms with Gasteiger partial charge in [-0.15, -0.1) is 11.3 Å². The smallest absolute Gasteiger partial charge is 0.0843 e. The van der Waals surface area contributed by atoms with Crippen LogP contribution >= 0.6 is 11.3 Å². The minimum Gasteiger partial charge on any atom is -0.244 e. The standard InChI is InChI=1S/C11H13NS/c1-2-3-5-9-6-4-7-10-11(9)12-8-13-10/h4,6-8H,2-3,5H2,1H3. The van der Waals surface area contributed by atoms with Crippen LogP contribution in [0.5, 0.6) is 0 Å². The zero-order chi connectivity index (χ0) is 9.10. The second kappa shape index (κ2) is 3.88. The third-order valence-electron chi connectivity index (χ3n) is 2.24. The Balaban J connectivity index is 2.37. The number of aromatic nitrogens is 1. The van der Waals surface area contributed by atoms with Crippen LogP contribution in [0, 0.1) is 0 Å². The van der Waals surface area contributed by atoms with Gasteiger partial charge in [-0.25, -0.2) is 4.98 Å². The van der Waals surface area contributed by atoms with Crippen LogP contribution in [-0.4, -0.2) is 4.98 Å². The highest BCUT2D eigenvalue weighted by Crippen LogP contribution is 2.22. The van der Waals surface area contributed by atoms with Crippen molar-refractivity contribution in [1.82, 2.24) is 4.98 Å². The molecule has 0 aliphatic rings. The molecular weight excluding hydrogens is 178 g/mol. The number of hydrogen-bond acceptors (Lipinski definition) is 2. The summed E-state index contributed by atoms with van der Waals surface area (Å²) in [4.78, 5) is 4.39. The van der Waals surface area contributed by atoms with Gasteiger partial charge in [0.15, 0.2) is 0 Å². The maximum atomic E-state index is 4.39. The van der Waals surface area contributed by atoms with Crippen molar-refractivity contribution in [3.05, 3.63) is 29.3 Å². The molecule has 0 saturated heterocycles. The van der Waals surface area contributed by atoms with Gasteiger partial charge in [0.1, 0.15) is 0 Å². The van der Waals surface area contributed by atoms with E-state index in [-0.39, 0.29) is 0 Å². The van der Waals surface area contributed by atoms with Gasteiger partial charge in [-0.05, 0) is 24.5 Å². The predicted octanol–water partition coefficient (Wildman–Crippen LogP) is 3.64. The topological polar surface area (TPSA) is 12.9 Å². The zero-order valence-electron chi connectivity index (χ0n) is 7.79. The van der Waals surface area contributed by atoms with Crippen LogP contribution in [0.2, 0.25) is 0 Å². The third kappa shape index (κ3) is 1.73. The van der Waals surface area contributed by atoms with E-state index in [0.29, 0.717) is 0 Å². The molecule has 0 amide bonds. The van der Waals surface area contributed by atoms with Gasteiger partial charge in [-0.2, -0.15) is 0 Å². The molecule has 0 radical (unpaired) electrons. The lowest BCUT2D eigenvalue weighted by Crippen LogP contribution is -1.85. The molecular formula is C11H13NS. The summed E-state index contributed by atoms with van der Waals surface area (Å²) in [5.41, 5.74) is 4.54. The summed E-state index contributed by atoms with van der Waals surface area (Å²) in [6, 6.07) is 6.46. The van der Waals surface area contributed by atoms with Gasteiger partial charge in [0.05, 0.1) is 15.7 Å². The average molecular weight is 191 g/mol. The highest BCUT2D eigenvalue weighted by Gasteiger charge is 2.01. The van der Waals surface area contributed by atoms with Crippen molar-refractivity contribution in [1.29, 1.82) is 0 Å². The molecule has 1 aromatic carbocycles. The predicted molar refractivity (Wildman–Crippen MR) is 58.2 cm³/mol. The number of para-hydroxylation sites is 1. The van der Waals surface area contributed by atoms with E-state index in [1.54, 1.807) is 11.3 Å². The van der Waals surface area contributed by atoms with Gasteiger partial charge in [-0.1, -0.05) is 25.5 Å². The Morgan fingerprint density at radius 3 is 3.15 bits per heavy atom. The van der Waals surface area contributed by atoms with Crippen molar-refractivity contribution in [2.24, 2.45) is 0 Å². The van der Waals surface area contributed by atoms with Gasteiger partial charge < -0.3 is 0 Å². The molecule has 1 heterocycles. The molecule has 0 aliphatic heterocycles. The number of fused-ring (bicyclic) bond motifs is 1. The van der Waals surface area contributed by atoms with Crippen LogP contribution in [0.1, 0.15) is 25.3 Å². The molecule has 0 N–H and O–H groups in total. The van der Waals surface area contributed by atoms with E-state index in [9.17, 15) is 0 Å². The Bertz CT molecular complexity index is 392. The lowest BCUT2D eigenvalue weighted by Gasteiger charge is -1.99. The van der Waals surface area contributed by atoms with Crippen LogP contribution < -0.4 is 0 Å². The minimum atomic E-state index is 1.16. The Morgan fingerprint density at radius 2 is 2.31 bits per heavy atom. The first-order chi connectivity index (χ1) is 6.42. The molecule has 0 fully saturated rings. The Labute approximate surface area is 82.4 Å². The number of benzene rings is 1. The molecule has 0 atom stereocenters. The number of unbranched alkanes of at least 4 members (excludes halogenated alkanes) is 1. The number of nitrogens with zero attached hydrogens (tertiary/aromatic N) is 1. The molecule has 2 aromatic rings. The molecule has 0 saturated carbocycles. The fourth-order valence-corrected chi connectivity index (χ4v) is 2.24. The van der Waals surface area contributed by atoms with Crippen molar-refractivity contribution in [3.63, 3.8) is 0 Å². The fourth-order valence-electron chi connectivity index (χ4n) is 1.51. The van der Waals surface area contributed by atoms with Crippen LogP contribution in [0.15, 0.2) is 23.7 Å². The highest BCUT2D eigenvalue weighted by molar-refractivity contribution is 7.16. The lowest BCUT2D eigenvalue weighted by molar-refractivity contribution is 0.798. The van der Waals surface area contributed by atoms with Gasteiger partial charge in [0.25, 0.3) is 0 Å². The quantitative estimate of drug-likeness (QED) is 0.721. The van der Waals surface area contributed by atoms with Gasteiger partial charge >= 0.3 is 0 Å². The van der Waals surface area contributed by atoms with E-state index in [4.69, 9.17) is 0 Å². The Kier molecular flexibility index (Phi) is 2.60. The average Bonchev–Trinajstić information content (AvgIpc) is 2.62. The van der Waals surface area contributed by atoms with Crippen LogP contribution in [0.3, 0.4) is 0 Å². The monoisotopic (exact) mass is 191 g/mol. The van der Waals surface area contributed by atoms with Gasteiger partial charge in [-0.3, -0.25) is 0 Å². The second-order valence-electron chi connectivity index (χ2n) is 3.22. The molecule has 2 heteroatoms. The molecule has 1 nitrogen and oxygen atoms in total.